The second kappa shape index (κ2) is 5.75. The van der Waals surface area contributed by atoms with Crippen molar-refractivity contribution in [2.75, 3.05) is 13.6 Å². The summed E-state index contributed by atoms with van der Waals surface area (Å²) >= 11 is 0. The Balaban J connectivity index is 2.01. The maximum Gasteiger partial charge on any atom is 0.0271 e. The van der Waals surface area contributed by atoms with E-state index in [1.165, 1.54) is 27.5 Å². The number of fused-ring (bicyclic) bond motifs is 3. The highest BCUT2D eigenvalue weighted by atomic mass is 15.2. The molecule has 0 saturated heterocycles. The molecule has 24 heavy (non-hydrogen) atoms. The quantitative estimate of drug-likeness (QED) is 0.594. The van der Waals surface area contributed by atoms with Gasteiger partial charge in [-0.1, -0.05) is 66.7 Å². The lowest BCUT2D eigenvalue weighted by Gasteiger charge is -2.41. The minimum atomic E-state index is 0.0784. The second-order valence-corrected chi connectivity index (χ2v) is 7.52. The predicted molar refractivity (Wildman–Crippen MR) is 103 cm³/mol. The summed E-state index contributed by atoms with van der Waals surface area (Å²) in [6, 6.07) is 24.5. The van der Waals surface area contributed by atoms with Gasteiger partial charge in [0, 0.05) is 18.0 Å². The van der Waals surface area contributed by atoms with Gasteiger partial charge in [0.2, 0.25) is 0 Å². The molecule has 0 aliphatic carbocycles. The Bertz CT molecular complexity index is 864. The fourth-order valence-corrected chi connectivity index (χ4v) is 4.30. The third-order valence-electron chi connectivity index (χ3n) is 5.91. The minimum absolute atomic E-state index is 0.0784. The molecular formula is C23H25N. The van der Waals surface area contributed by atoms with Crippen LogP contribution in [0.15, 0.2) is 66.7 Å². The summed E-state index contributed by atoms with van der Waals surface area (Å²) in [5.41, 5.74) is 4.51. The number of nitrogens with zero attached hydrogens (tertiary/aromatic N) is 1. The van der Waals surface area contributed by atoms with E-state index in [1.807, 2.05) is 0 Å². The number of rotatable bonds is 1. The average molecular weight is 315 g/mol. The van der Waals surface area contributed by atoms with Crippen LogP contribution in [0.4, 0.5) is 0 Å². The molecule has 3 aromatic carbocycles. The summed E-state index contributed by atoms with van der Waals surface area (Å²) in [5.74, 6) is 0.380. The Morgan fingerprint density at radius 3 is 2.38 bits per heavy atom. The fraction of sp³-hybridized carbons (Fsp3) is 0.304. The van der Waals surface area contributed by atoms with Crippen molar-refractivity contribution in [1.82, 2.24) is 4.90 Å². The van der Waals surface area contributed by atoms with Gasteiger partial charge in [-0.05, 0) is 54.8 Å². The van der Waals surface area contributed by atoms with Crippen LogP contribution in [0.2, 0.25) is 0 Å². The van der Waals surface area contributed by atoms with Gasteiger partial charge in [0.25, 0.3) is 0 Å². The van der Waals surface area contributed by atoms with E-state index in [9.17, 15) is 0 Å². The molecular weight excluding hydrogens is 290 g/mol. The lowest BCUT2D eigenvalue weighted by molar-refractivity contribution is 0.146. The van der Waals surface area contributed by atoms with Gasteiger partial charge < -0.3 is 0 Å². The van der Waals surface area contributed by atoms with Gasteiger partial charge >= 0.3 is 0 Å². The average Bonchev–Trinajstić information content (AvgIpc) is 2.70. The molecule has 1 heteroatoms. The Labute approximate surface area is 144 Å². The van der Waals surface area contributed by atoms with Gasteiger partial charge in [0.1, 0.15) is 0 Å². The van der Waals surface area contributed by atoms with Crippen molar-refractivity contribution in [2.24, 2.45) is 0 Å². The standard InChI is InChI=1S/C23H25N/c1-23(2)22(18-10-5-4-6-11-18)21-14-13-17-9-7-8-12-19(17)20(21)15-16-24(23)3/h4-14,22H,15-16H2,1-3H3. The fourth-order valence-electron chi connectivity index (χ4n) is 4.30. The topological polar surface area (TPSA) is 3.24 Å². The Hall–Kier alpha value is -2.12. The summed E-state index contributed by atoms with van der Waals surface area (Å²) in [6.07, 6.45) is 1.11. The molecule has 0 fully saturated rings. The Morgan fingerprint density at radius 2 is 1.58 bits per heavy atom. The van der Waals surface area contributed by atoms with Crippen molar-refractivity contribution in [2.45, 2.75) is 31.7 Å². The zero-order valence-electron chi connectivity index (χ0n) is 14.8. The highest BCUT2D eigenvalue weighted by Gasteiger charge is 2.39. The lowest BCUT2D eigenvalue weighted by Crippen LogP contribution is -2.45. The van der Waals surface area contributed by atoms with Crippen molar-refractivity contribution in [3.8, 4) is 0 Å². The molecule has 1 unspecified atom stereocenters. The molecule has 1 atom stereocenters. The third kappa shape index (κ3) is 2.35. The van der Waals surface area contributed by atoms with Crippen LogP contribution in [0.25, 0.3) is 10.8 Å². The number of likely N-dealkylation sites (N-methyl/N-ethyl adjacent to an activating group) is 1. The van der Waals surface area contributed by atoms with Gasteiger partial charge in [-0.25, -0.2) is 0 Å². The predicted octanol–water partition coefficient (Wildman–Crippen LogP) is 5.24. The summed E-state index contributed by atoms with van der Waals surface area (Å²) in [7, 11) is 2.27. The lowest BCUT2D eigenvalue weighted by atomic mass is 9.75. The largest absolute Gasteiger partial charge is 0.300 e. The Kier molecular flexibility index (Phi) is 3.69. The van der Waals surface area contributed by atoms with Gasteiger partial charge in [0.15, 0.2) is 0 Å². The smallest absolute Gasteiger partial charge is 0.0271 e. The molecule has 0 saturated carbocycles. The van der Waals surface area contributed by atoms with Gasteiger partial charge in [-0.3, -0.25) is 4.90 Å². The van der Waals surface area contributed by atoms with E-state index in [0.717, 1.165) is 13.0 Å². The van der Waals surface area contributed by atoms with Crippen molar-refractivity contribution < 1.29 is 0 Å². The normalized spacial score (nSPS) is 20.5. The molecule has 1 heterocycles. The third-order valence-corrected chi connectivity index (χ3v) is 5.91. The van der Waals surface area contributed by atoms with E-state index in [0.29, 0.717) is 5.92 Å². The maximum absolute atomic E-state index is 2.53. The molecule has 0 spiro atoms. The van der Waals surface area contributed by atoms with E-state index in [4.69, 9.17) is 0 Å². The first-order valence-electron chi connectivity index (χ1n) is 8.86. The zero-order valence-corrected chi connectivity index (χ0v) is 14.8. The van der Waals surface area contributed by atoms with Crippen LogP contribution in [0, 0.1) is 0 Å². The molecule has 3 aromatic rings. The van der Waals surface area contributed by atoms with E-state index in [-0.39, 0.29) is 5.54 Å². The van der Waals surface area contributed by atoms with E-state index >= 15 is 0 Å². The van der Waals surface area contributed by atoms with Crippen LogP contribution in [-0.2, 0) is 6.42 Å². The molecule has 1 aliphatic heterocycles. The molecule has 0 aromatic heterocycles. The molecule has 0 bridgehead atoms. The first kappa shape index (κ1) is 15.4. The number of hydrogen-bond donors (Lipinski definition) is 0. The van der Waals surface area contributed by atoms with Crippen LogP contribution >= 0.6 is 0 Å². The first-order chi connectivity index (χ1) is 11.6. The van der Waals surface area contributed by atoms with E-state index < -0.39 is 0 Å². The Morgan fingerprint density at radius 1 is 0.875 bits per heavy atom. The van der Waals surface area contributed by atoms with E-state index in [2.05, 4.69) is 92.5 Å². The van der Waals surface area contributed by atoms with Crippen LogP contribution in [-0.4, -0.2) is 24.0 Å². The van der Waals surface area contributed by atoms with Crippen LogP contribution in [0.5, 0.6) is 0 Å². The highest BCUT2D eigenvalue weighted by molar-refractivity contribution is 5.87. The van der Waals surface area contributed by atoms with Gasteiger partial charge in [-0.15, -0.1) is 0 Å². The highest BCUT2D eigenvalue weighted by Crippen LogP contribution is 2.43. The van der Waals surface area contributed by atoms with Gasteiger partial charge in [0.05, 0.1) is 0 Å². The van der Waals surface area contributed by atoms with E-state index in [1.54, 1.807) is 0 Å². The second-order valence-electron chi connectivity index (χ2n) is 7.52. The zero-order chi connectivity index (χ0) is 16.7. The van der Waals surface area contributed by atoms with Crippen LogP contribution < -0.4 is 0 Å². The molecule has 0 radical (unpaired) electrons. The SMILES string of the molecule is CN1CCc2c(ccc3ccccc23)C(c2ccccc2)C1(C)C. The molecule has 4 rings (SSSR count). The first-order valence-corrected chi connectivity index (χ1v) is 8.86. The summed E-state index contributed by atoms with van der Waals surface area (Å²) in [4.78, 5) is 2.53. The molecule has 0 N–H and O–H groups in total. The number of hydrogen-bond acceptors (Lipinski definition) is 1. The molecule has 1 aliphatic rings. The van der Waals surface area contributed by atoms with Crippen LogP contribution in [0.1, 0.15) is 36.5 Å². The summed E-state index contributed by atoms with van der Waals surface area (Å²) < 4.78 is 0. The number of benzene rings is 3. The van der Waals surface area contributed by atoms with Crippen molar-refractivity contribution in [3.05, 3.63) is 83.4 Å². The molecule has 122 valence electrons. The van der Waals surface area contributed by atoms with Crippen molar-refractivity contribution >= 4 is 10.8 Å². The van der Waals surface area contributed by atoms with Gasteiger partial charge in [-0.2, -0.15) is 0 Å². The summed E-state index contributed by atoms with van der Waals surface area (Å²) in [5, 5.41) is 2.77. The summed E-state index contributed by atoms with van der Waals surface area (Å²) in [6.45, 7) is 5.86. The minimum Gasteiger partial charge on any atom is -0.300 e. The maximum atomic E-state index is 2.53. The van der Waals surface area contributed by atoms with Crippen molar-refractivity contribution in [1.29, 1.82) is 0 Å². The molecule has 0 amide bonds. The monoisotopic (exact) mass is 315 g/mol. The van der Waals surface area contributed by atoms with Crippen molar-refractivity contribution in [3.63, 3.8) is 0 Å². The van der Waals surface area contributed by atoms with Crippen LogP contribution in [0.3, 0.4) is 0 Å². The molecule has 1 nitrogen and oxygen atoms in total.